The molecule has 1 N–H and O–H groups in total. The van der Waals surface area contributed by atoms with Gasteiger partial charge in [0.15, 0.2) is 5.58 Å². The molecule has 0 saturated heterocycles. The number of benzene rings is 3. The van der Waals surface area contributed by atoms with Gasteiger partial charge < -0.3 is 14.5 Å². The third kappa shape index (κ3) is 3.99. The van der Waals surface area contributed by atoms with Crippen molar-refractivity contribution >= 4 is 50.2 Å². The number of fused-ring (bicyclic) bond motifs is 1. The van der Waals surface area contributed by atoms with E-state index in [1.165, 1.54) is 7.11 Å². The zero-order chi connectivity index (χ0) is 20.5. The summed E-state index contributed by atoms with van der Waals surface area (Å²) < 4.78 is 11.9. The first-order valence-electron chi connectivity index (χ1n) is 8.76. The summed E-state index contributed by atoms with van der Waals surface area (Å²) in [6, 6.07) is 16.3. The van der Waals surface area contributed by atoms with Crippen LogP contribution in [0.5, 0.6) is 5.75 Å². The number of nitrogens with one attached hydrogen (secondary N) is 1. The first-order valence-corrected chi connectivity index (χ1v) is 9.93. The Bertz CT molecular complexity index is 1240. The molecule has 4 rings (SSSR count). The fourth-order valence-electron chi connectivity index (χ4n) is 2.96. The molecule has 7 heteroatoms. The van der Waals surface area contributed by atoms with Crippen molar-refractivity contribution in [3.63, 3.8) is 0 Å². The molecule has 29 heavy (non-hydrogen) atoms. The molecule has 1 aromatic heterocycles. The van der Waals surface area contributed by atoms with Gasteiger partial charge in [-0.1, -0.05) is 33.6 Å². The Morgan fingerprint density at radius 2 is 1.97 bits per heavy atom. The maximum absolute atomic E-state index is 12.8. The lowest BCUT2D eigenvalue weighted by molar-refractivity contribution is 0.102. The van der Waals surface area contributed by atoms with Crippen molar-refractivity contribution in [1.82, 2.24) is 4.98 Å². The van der Waals surface area contributed by atoms with E-state index in [0.717, 1.165) is 15.6 Å². The molecule has 4 aromatic rings. The number of aromatic nitrogens is 1. The predicted octanol–water partition coefficient (Wildman–Crippen LogP) is 6.48. The average molecular weight is 472 g/mol. The van der Waals surface area contributed by atoms with E-state index in [9.17, 15) is 4.79 Å². The zero-order valence-corrected chi connectivity index (χ0v) is 18.0. The molecule has 0 fully saturated rings. The summed E-state index contributed by atoms with van der Waals surface area (Å²) in [5.41, 5.74) is 4.12. The van der Waals surface area contributed by atoms with Gasteiger partial charge in [0, 0.05) is 10.0 Å². The Morgan fingerprint density at radius 3 is 2.76 bits per heavy atom. The van der Waals surface area contributed by atoms with Crippen LogP contribution in [0.1, 0.15) is 15.9 Å². The molecule has 0 atom stereocenters. The maximum atomic E-state index is 12.8. The fourth-order valence-corrected chi connectivity index (χ4v) is 3.48. The van der Waals surface area contributed by atoms with Crippen LogP contribution >= 0.6 is 27.5 Å². The molecular weight excluding hydrogens is 456 g/mol. The standard InChI is InChI=1S/C22H16BrClN2O3/c1-12-3-7-17-20(9-12)29-22(26-17)13-4-6-16(24)18(10-13)25-21(27)15-11-14(23)5-8-19(15)28-2/h3-11H,1-2H3,(H,25,27). The van der Waals surface area contributed by atoms with E-state index in [4.69, 9.17) is 20.8 Å². The minimum absolute atomic E-state index is 0.338. The molecule has 0 aliphatic carbocycles. The molecule has 0 spiro atoms. The average Bonchev–Trinajstić information content (AvgIpc) is 3.12. The highest BCUT2D eigenvalue weighted by Crippen LogP contribution is 2.32. The van der Waals surface area contributed by atoms with Gasteiger partial charge in [0.2, 0.25) is 5.89 Å². The number of carbonyl (C=O) groups is 1. The molecule has 1 heterocycles. The van der Waals surface area contributed by atoms with E-state index in [-0.39, 0.29) is 5.91 Å². The molecule has 5 nitrogen and oxygen atoms in total. The van der Waals surface area contributed by atoms with Crippen molar-refractivity contribution in [2.45, 2.75) is 6.92 Å². The van der Waals surface area contributed by atoms with Gasteiger partial charge in [-0.25, -0.2) is 4.98 Å². The highest BCUT2D eigenvalue weighted by atomic mass is 79.9. The van der Waals surface area contributed by atoms with E-state index in [0.29, 0.717) is 39.1 Å². The summed E-state index contributed by atoms with van der Waals surface area (Å²) in [7, 11) is 1.52. The van der Waals surface area contributed by atoms with Gasteiger partial charge >= 0.3 is 0 Å². The van der Waals surface area contributed by atoms with E-state index >= 15 is 0 Å². The van der Waals surface area contributed by atoms with Crippen molar-refractivity contribution in [1.29, 1.82) is 0 Å². The smallest absolute Gasteiger partial charge is 0.259 e. The Labute approximate surface area is 180 Å². The number of ether oxygens (including phenoxy) is 1. The molecule has 3 aromatic carbocycles. The number of methoxy groups -OCH3 is 1. The highest BCUT2D eigenvalue weighted by Gasteiger charge is 2.16. The van der Waals surface area contributed by atoms with Crippen LogP contribution in [0.25, 0.3) is 22.6 Å². The normalized spacial score (nSPS) is 10.9. The lowest BCUT2D eigenvalue weighted by Crippen LogP contribution is -2.13. The molecule has 1 amide bonds. The minimum atomic E-state index is -0.338. The Hall–Kier alpha value is -2.83. The number of oxazole rings is 1. The predicted molar refractivity (Wildman–Crippen MR) is 118 cm³/mol. The number of aryl methyl sites for hydroxylation is 1. The van der Waals surface area contributed by atoms with Crippen molar-refractivity contribution in [3.05, 3.63) is 75.2 Å². The number of hydrogen-bond donors (Lipinski definition) is 1. The van der Waals surface area contributed by atoms with E-state index in [1.54, 1.807) is 36.4 Å². The van der Waals surface area contributed by atoms with Crippen LogP contribution in [0.15, 0.2) is 63.5 Å². The Balaban J connectivity index is 1.68. The van der Waals surface area contributed by atoms with Crippen LogP contribution in [-0.4, -0.2) is 18.0 Å². The summed E-state index contributed by atoms with van der Waals surface area (Å²) in [6.45, 7) is 1.99. The van der Waals surface area contributed by atoms with Crippen molar-refractivity contribution in [3.8, 4) is 17.2 Å². The first-order chi connectivity index (χ1) is 13.9. The maximum Gasteiger partial charge on any atom is 0.259 e. The van der Waals surface area contributed by atoms with Crippen LogP contribution in [0.3, 0.4) is 0 Å². The third-order valence-electron chi connectivity index (χ3n) is 4.41. The largest absolute Gasteiger partial charge is 0.496 e. The van der Waals surface area contributed by atoms with Gasteiger partial charge in [0.05, 0.1) is 23.4 Å². The van der Waals surface area contributed by atoms with Crippen LogP contribution in [-0.2, 0) is 0 Å². The molecule has 0 unspecified atom stereocenters. The number of hydrogen-bond acceptors (Lipinski definition) is 4. The minimum Gasteiger partial charge on any atom is -0.496 e. The molecule has 0 bridgehead atoms. The number of rotatable bonds is 4. The second kappa shape index (κ2) is 7.89. The lowest BCUT2D eigenvalue weighted by atomic mass is 10.1. The summed E-state index contributed by atoms with van der Waals surface area (Å²) in [4.78, 5) is 17.3. The SMILES string of the molecule is COc1ccc(Br)cc1C(=O)Nc1cc(-c2nc3ccc(C)cc3o2)ccc1Cl. The molecule has 0 saturated carbocycles. The highest BCUT2D eigenvalue weighted by molar-refractivity contribution is 9.10. The van der Waals surface area contributed by atoms with E-state index in [1.807, 2.05) is 25.1 Å². The van der Waals surface area contributed by atoms with Gasteiger partial charge in [-0.2, -0.15) is 0 Å². The summed E-state index contributed by atoms with van der Waals surface area (Å²) in [5.74, 6) is 0.584. The molecule has 146 valence electrons. The van der Waals surface area contributed by atoms with Gasteiger partial charge in [-0.15, -0.1) is 0 Å². The number of halogens is 2. The third-order valence-corrected chi connectivity index (χ3v) is 5.23. The first kappa shape index (κ1) is 19.5. The quantitative estimate of drug-likeness (QED) is 0.370. The summed E-state index contributed by atoms with van der Waals surface area (Å²) >= 11 is 9.69. The van der Waals surface area contributed by atoms with Gasteiger partial charge in [-0.3, -0.25) is 4.79 Å². The van der Waals surface area contributed by atoms with Crippen molar-refractivity contribution < 1.29 is 13.9 Å². The van der Waals surface area contributed by atoms with Crippen LogP contribution in [0.4, 0.5) is 5.69 Å². The van der Waals surface area contributed by atoms with Crippen molar-refractivity contribution in [2.24, 2.45) is 0 Å². The van der Waals surface area contributed by atoms with Crippen LogP contribution < -0.4 is 10.1 Å². The second-order valence-electron chi connectivity index (χ2n) is 6.48. The van der Waals surface area contributed by atoms with Crippen LogP contribution in [0, 0.1) is 6.92 Å². The number of anilines is 1. The lowest BCUT2D eigenvalue weighted by Gasteiger charge is -2.11. The molecule has 0 radical (unpaired) electrons. The number of amides is 1. The fraction of sp³-hybridized carbons (Fsp3) is 0.0909. The number of carbonyl (C=O) groups excluding carboxylic acids is 1. The van der Waals surface area contributed by atoms with Gasteiger partial charge in [0.25, 0.3) is 5.91 Å². The van der Waals surface area contributed by atoms with E-state index < -0.39 is 0 Å². The molecule has 0 aliphatic rings. The molecule has 0 aliphatic heterocycles. The van der Waals surface area contributed by atoms with Gasteiger partial charge in [0.1, 0.15) is 11.3 Å². The molecular formula is C22H16BrClN2O3. The van der Waals surface area contributed by atoms with Crippen molar-refractivity contribution in [2.75, 3.05) is 12.4 Å². The van der Waals surface area contributed by atoms with E-state index in [2.05, 4.69) is 26.2 Å². The monoisotopic (exact) mass is 470 g/mol. The Kier molecular flexibility index (Phi) is 5.30. The second-order valence-corrected chi connectivity index (χ2v) is 7.81. The summed E-state index contributed by atoms with van der Waals surface area (Å²) in [6.07, 6.45) is 0. The van der Waals surface area contributed by atoms with Crippen LogP contribution in [0.2, 0.25) is 5.02 Å². The van der Waals surface area contributed by atoms with Gasteiger partial charge in [-0.05, 0) is 61.0 Å². The topological polar surface area (TPSA) is 64.4 Å². The number of nitrogens with zero attached hydrogens (tertiary/aromatic N) is 1. The zero-order valence-electron chi connectivity index (χ0n) is 15.6. The summed E-state index contributed by atoms with van der Waals surface area (Å²) in [5, 5.41) is 3.25. The Morgan fingerprint density at radius 1 is 1.14 bits per heavy atom.